The van der Waals surface area contributed by atoms with E-state index in [1.54, 1.807) is 30.2 Å². The van der Waals surface area contributed by atoms with Crippen molar-refractivity contribution in [3.8, 4) is 0 Å². The summed E-state index contributed by atoms with van der Waals surface area (Å²) < 4.78 is 38.8. The van der Waals surface area contributed by atoms with Gasteiger partial charge in [-0.25, -0.2) is 17.9 Å². The third kappa shape index (κ3) is 4.23. The summed E-state index contributed by atoms with van der Waals surface area (Å²) in [5.74, 6) is 0. The molecule has 0 radical (unpaired) electrons. The molecule has 2 fully saturated rings. The minimum atomic E-state index is -3.81. The summed E-state index contributed by atoms with van der Waals surface area (Å²) in [7, 11) is -2.06. The van der Waals surface area contributed by atoms with Crippen molar-refractivity contribution in [1.82, 2.24) is 23.6 Å². The van der Waals surface area contributed by atoms with Crippen LogP contribution in [0.2, 0.25) is 0 Å². The van der Waals surface area contributed by atoms with Crippen molar-refractivity contribution in [2.24, 2.45) is 7.05 Å². The SMILES string of the molecule is Cn1cc(Cn2c(=O)c3cc(S(=O)(=O)NC4(C)CC4)ccc3n(CC3CC(C)(C)O3)c2=O)cn1. The fraction of sp³-hybridized carbons (Fsp3) is 0.522. The Morgan fingerprint density at radius 1 is 1.18 bits per heavy atom. The zero-order valence-corrected chi connectivity index (χ0v) is 20.6. The highest BCUT2D eigenvalue weighted by atomic mass is 32.2. The zero-order chi connectivity index (χ0) is 24.5. The van der Waals surface area contributed by atoms with Crippen molar-refractivity contribution in [1.29, 1.82) is 0 Å². The number of benzene rings is 1. The first-order valence-corrected chi connectivity index (χ1v) is 12.8. The Hall–Kier alpha value is -2.76. The maximum absolute atomic E-state index is 13.4. The molecule has 1 aromatic carbocycles. The monoisotopic (exact) mass is 487 g/mol. The lowest BCUT2D eigenvalue weighted by Gasteiger charge is -2.43. The van der Waals surface area contributed by atoms with Gasteiger partial charge in [0.25, 0.3) is 5.56 Å². The van der Waals surface area contributed by atoms with Crippen LogP contribution in [0.3, 0.4) is 0 Å². The van der Waals surface area contributed by atoms with E-state index in [0.29, 0.717) is 11.1 Å². The van der Waals surface area contributed by atoms with Crippen LogP contribution in [0.25, 0.3) is 10.9 Å². The first-order valence-electron chi connectivity index (χ1n) is 11.3. The molecule has 3 aromatic rings. The predicted molar refractivity (Wildman–Crippen MR) is 126 cm³/mol. The van der Waals surface area contributed by atoms with Crippen molar-refractivity contribution in [3.05, 3.63) is 57.0 Å². The molecule has 0 bridgehead atoms. The summed E-state index contributed by atoms with van der Waals surface area (Å²) >= 11 is 0. The molecule has 0 spiro atoms. The van der Waals surface area contributed by atoms with E-state index in [4.69, 9.17) is 4.74 Å². The van der Waals surface area contributed by atoms with Crippen LogP contribution in [0.5, 0.6) is 0 Å². The number of nitrogens with zero attached hydrogens (tertiary/aromatic N) is 4. The predicted octanol–water partition coefficient (Wildman–Crippen LogP) is 1.34. The standard InChI is InChI=1S/C23H29N5O5S/c1-22(2)10-16(33-22)14-27-19-6-5-17(34(31,32)25-23(3)7-8-23)9-18(19)20(29)28(21(27)30)13-15-11-24-26(4)12-15/h5-6,9,11-12,16,25H,7-8,10,13-14H2,1-4H3. The molecule has 1 saturated carbocycles. The second kappa shape index (κ2) is 7.62. The van der Waals surface area contributed by atoms with Crippen molar-refractivity contribution in [3.63, 3.8) is 0 Å². The van der Waals surface area contributed by atoms with Gasteiger partial charge in [-0.3, -0.25) is 18.6 Å². The number of aromatic nitrogens is 4. The molecule has 0 amide bonds. The molecule has 2 aromatic heterocycles. The van der Waals surface area contributed by atoms with Crippen molar-refractivity contribution >= 4 is 20.9 Å². The zero-order valence-electron chi connectivity index (χ0n) is 19.7. The Balaban J connectivity index is 1.64. The molecular formula is C23H29N5O5S. The van der Waals surface area contributed by atoms with Crippen molar-refractivity contribution in [2.75, 3.05) is 0 Å². The quantitative estimate of drug-likeness (QED) is 0.538. The molecule has 1 aliphatic heterocycles. The Morgan fingerprint density at radius 2 is 1.88 bits per heavy atom. The number of ether oxygens (including phenoxy) is 1. The minimum absolute atomic E-state index is 0.00405. The molecule has 182 valence electrons. The number of aryl methyl sites for hydroxylation is 1. The first kappa shape index (κ1) is 23.0. The van der Waals surface area contributed by atoms with Gasteiger partial charge in [-0.1, -0.05) is 0 Å². The Kier molecular flexibility index (Phi) is 5.16. The average molecular weight is 488 g/mol. The Labute approximate surface area is 197 Å². The smallest absolute Gasteiger partial charge is 0.331 e. The topological polar surface area (TPSA) is 117 Å². The van der Waals surface area contributed by atoms with E-state index in [2.05, 4.69) is 9.82 Å². The van der Waals surface area contributed by atoms with E-state index in [1.807, 2.05) is 20.8 Å². The van der Waals surface area contributed by atoms with E-state index in [1.165, 1.54) is 16.7 Å². The van der Waals surface area contributed by atoms with E-state index < -0.39 is 26.8 Å². The molecule has 11 heteroatoms. The molecule has 34 heavy (non-hydrogen) atoms. The highest BCUT2D eigenvalue weighted by Gasteiger charge is 2.41. The van der Waals surface area contributed by atoms with Crippen molar-refractivity contribution in [2.45, 2.75) is 75.3 Å². The summed E-state index contributed by atoms with van der Waals surface area (Å²) in [5.41, 5.74) is -0.608. The van der Waals surface area contributed by atoms with Gasteiger partial charge in [0.15, 0.2) is 0 Å². The number of hydrogen-bond acceptors (Lipinski definition) is 6. The lowest BCUT2D eigenvalue weighted by molar-refractivity contribution is -0.189. The van der Waals surface area contributed by atoms with Gasteiger partial charge < -0.3 is 4.74 Å². The van der Waals surface area contributed by atoms with Crippen LogP contribution in [-0.4, -0.2) is 44.6 Å². The molecule has 3 heterocycles. The average Bonchev–Trinajstić information content (AvgIpc) is 3.30. The molecule has 1 unspecified atom stereocenters. The second-order valence-corrected chi connectivity index (χ2v) is 12.0. The van der Waals surface area contributed by atoms with E-state index in [-0.39, 0.29) is 35.1 Å². The largest absolute Gasteiger partial charge is 0.370 e. The maximum Gasteiger partial charge on any atom is 0.331 e. The molecule has 5 rings (SSSR count). The van der Waals surface area contributed by atoms with E-state index in [0.717, 1.165) is 23.8 Å². The molecule has 2 aliphatic rings. The summed E-state index contributed by atoms with van der Waals surface area (Å²) in [6.07, 6.45) is 5.49. The molecule has 10 nitrogen and oxygen atoms in total. The number of rotatable bonds is 7. The minimum Gasteiger partial charge on any atom is -0.370 e. The lowest BCUT2D eigenvalue weighted by atomic mass is 9.93. The van der Waals surface area contributed by atoms with Gasteiger partial charge >= 0.3 is 5.69 Å². The second-order valence-electron chi connectivity index (χ2n) is 10.4. The normalized spacial score (nSPS) is 20.9. The number of hydrogen-bond donors (Lipinski definition) is 1. The lowest BCUT2D eigenvalue weighted by Crippen LogP contribution is -2.50. The molecule has 1 atom stereocenters. The highest BCUT2D eigenvalue weighted by molar-refractivity contribution is 7.89. The molecule has 1 aliphatic carbocycles. The van der Waals surface area contributed by atoms with Crippen LogP contribution in [0.1, 0.15) is 45.6 Å². The summed E-state index contributed by atoms with van der Waals surface area (Å²) in [6.45, 7) is 6.13. The van der Waals surface area contributed by atoms with Gasteiger partial charge in [-0.05, 0) is 51.8 Å². The van der Waals surface area contributed by atoms with Crippen molar-refractivity contribution < 1.29 is 13.2 Å². The first-order chi connectivity index (χ1) is 15.9. The fourth-order valence-electron chi connectivity index (χ4n) is 4.59. The summed E-state index contributed by atoms with van der Waals surface area (Å²) in [4.78, 5) is 26.9. The number of fused-ring (bicyclic) bond motifs is 1. The number of sulfonamides is 1. The summed E-state index contributed by atoms with van der Waals surface area (Å²) in [5, 5.41) is 4.29. The Bertz CT molecular complexity index is 1500. The van der Waals surface area contributed by atoms with Crippen LogP contribution in [0, 0.1) is 0 Å². The van der Waals surface area contributed by atoms with Gasteiger partial charge in [0.2, 0.25) is 10.0 Å². The molecule has 1 N–H and O–H groups in total. The summed E-state index contributed by atoms with van der Waals surface area (Å²) in [6, 6.07) is 4.36. The van der Waals surface area contributed by atoms with E-state index >= 15 is 0 Å². The fourth-order valence-corrected chi connectivity index (χ4v) is 6.08. The van der Waals surface area contributed by atoms with E-state index in [9.17, 15) is 18.0 Å². The maximum atomic E-state index is 13.4. The van der Waals surface area contributed by atoms with Crippen LogP contribution in [0.4, 0.5) is 0 Å². The molecular weight excluding hydrogens is 458 g/mol. The van der Waals surface area contributed by atoms with Gasteiger partial charge in [0.1, 0.15) is 0 Å². The van der Waals surface area contributed by atoms with Crippen LogP contribution >= 0.6 is 0 Å². The third-order valence-electron chi connectivity index (χ3n) is 6.58. The number of nitrogens with one attached hydrogen (secondary N) is 1. The van der Waals surface area contributed by atoms with Crippen LogP contribution < -0.4 is 16.0 Å². The van der Waals surface area contributed by atoms with Gasteiger partial charge in [0.05, 0.1) is 46.8 Å². The third-order valence-corrected chi connectivity index (χ3v) is 8.21. The highest BCUT2D eigenvalue weighted by Crippen LogP contribution is 2.36. The van der Waals surface area contributed by atoms with Gasteiger partial charge in [-0.2, -0.15) is 5.10 Å². The Morgan fingerprint density at radius 3 is 2.47 bits per heavy atom. The van der Waals surface area contributed by atoms with Gasteiger partial charge in [0, 0.05) is 30.8 Å². The van der Waals surface area contributed by atoms with Crippen LogP contribution in [-0.2, 0) is 34.9 Å². The van der Waals surface area contributed by atoms with Gasteiger partial charge in [-0.15, -0.1) is 0 Å². The van der Waals surface area contributed by atoms with Crippen LogP contribution in [0.15, 0.2) is 45.1 Å². The molecule has 1 saturated heterocycles.